The highest BCUT2D eigenvalue weighted by Gasteiger charge is 2.09. The zero-order chi connectivity index (χ0) is 14.3. The largest absolute Gasteiger partial charge is 0.399 e. The van der Waals surface area contributed by atoms with E-state index in [1.807, 2.05) is 43.1 Å². The van der Waals surface area contributed by atoms with Crippen molar-refractivity contribution in [1.29, 1.82) is 0 Å². The molecule has 3 N–H and O–H groups in total. The summed E-state index contributed by atoms with van der Waals surface area (Å²) in [5.41, 5.74) is 7.56. The van der Waals surface area contributed by atoms with Gasteiger partial charge in [-0.15, -0.1) is 0 Å². The topological polar surface area (TPSA) is 58.4 Å². The predicted octanol–water partition coefficient (Wildman–Crippen LogP) is 2.01. The van der Waals surface area contributed by atoms with Gasteiger partial charge in [-0.3, -0.25) is 9.69 Å². The summed E-state index contributed by atoms with van der Waals surface area (Å²) >= 11 is 0. The number of nitrogen functional groups attached to an aromatic ring is 1. The average Bonchev–Trinajstić information content (AvgIpc) is 2.32. The lowest BCUT2D eigenvalue weighted by Gasteiger charge is -2.18. The number of anilines is 1. The molecule has 0 heterocycles. The fourth-order valence-electron chi connectivity index (χ4n) is 2.06. The SMILES string of the molecule is CCCC(C)NC(=O)CN(C)Cc1ccc(N)cc1. The van der Waals surface area contributed by atoms with Crippen LogP contribution in [-0.2, 0) is 11.3 Å². The molecule has 1 unspecified atom stereocenters. The molecule has 1 aromatic carbocycles. The molecule has 1 rings (SSSR count). The number of hydrogen-bond donors (Lipinski definition) is 2. The average molecular weight is 263 g/mol. The maximum Gasteiger partial charge on any atom is 0.234 e. The minimum Gasteiger partial charge on any atom is -0.399 e. The Balaban J connectivity index is 2.36. The van der Waals surface area contributed by atoms with E-state index in [2.05, 4.69) is 12.2 Å². The lowest BCUT2D eigenvalue weighted by atomic mass is 10.2. The quantitative estimate of drug-likeness (QED) is 0.740. The molecule has 0 aliphatic heterocycles. The van der Waals surface area contributed by atoms with Crippen molar-refractivity contribution in [2.75, 3.05) is 19.3 Å². The van der Waals surface area contributed by atoms with Gasteiger partial charge in [-0.1, -0.05) is 25.5 Å². The number of carbonyl (C=O) groups is 1. The standard InChI is InChI=1S/C15H25N3O/c1-4-5-12(2)17-15(19)11-18(3)10-13-6-8-14(16)9-7-13/h6-9,12H,4-5,10-11,16H2,1-3H3,(H,17,19). The summed E-state index contributed by atoms with van der Waals surface area (Å²) in [5, 5.41) is 3.01. The highest BCUT2D eigenvalue weighted by molar-refractivity contribution is 5.78. The van der Waals surface area contributed by atoms with Crippen LogP contribution in [0.2, 0.25) is 0 Å². The molecule has 1 atom stereocenters. The Morgan fingerprint density at radius 1 is 1.37 bits per heavy atom. The first-order chi connectivity index (χ1) is 9.01. The normalized spacial score (nSPS) is 12.4. The van der Waals surface area contributed by atoms with Gasteiger partial charge in [0.15, 0.2) is 0 Å². The van der Waals surface area contributed by atoms with Crippen molar-refractivity contribution in [2.24, 2.45) is 0 Å². The van der Waals surface area contributed by atoms with Crippen molar-refractivity contribution in [3.05, 3.63) is 29.8 Å². The fourth-order valence-corrected chi connectivity index (χ4v) is 2.06. The van der Waals surface area contributed by atoms with Crippen LogP contribution in [-0.4, -0.2) is 30.4 Å². The van der Waals surface area contributed by atoms with E-state index in [1.165, 1.54) is 0 Å². The van der Waals surface area contributed by atoms with Gasteiger partial charge in [0, 0.05) is 18.3 Å². The lowest BCUT2D eigenvalue weighted by molar-refractivity contribution is -0.122. The molecule has 0 aliphatic carbocycles. The van der Waals surface area contributed by atoms with Crippen molar-refractivity contribution in [1.82, 2.24) is 10.2 Å². The second kappa shape index (κ2) is 7.79. The first-order valence-electron chi connectivity index (χ1n) is 6.83. The molecule has 0 fully saturated rings. The Morgan fingerprint density at radius 2 is 2.00 bits per heavy atom. The second-order valence-electron chi connectivity index (χ2n) is 5.17. The molecule has 19 heavy (non-hydrogen) atoms. The lowest BCUT2D eigenvalue weighted by Crippen LogP contribution is -2.39. The highest BCUT2D eigenvalue weighted by atomic mass is 16.2. The maximum absolute atomic E-state index is 11.8. The molecule has 0 bridgehead atoms. The van der Waals surface area contributed by atoms with E-state index in [4.69, 9.17) is 5.73 Å². The van der Waals surface area contributed by atoms with Gasteiger partial charge in [0.1, 0.15) is 0 Å². The number of rotatable bonds is 7. The molecule has 0 aromatic heterocycles. The molecule has 4 heteroatoms. The van der Waals surface area contributed by atoms with Gasteiger partial charge in [0.05, 0.1) is 6.54 Å². The van der Waals surface area contributed by atoms with Crippen LogP contribution in [0.4, 0.5) is 5.69 Å². The number of nitrogens with zero attached hydrogens (tertiary/aromatic N) is 1. The Kier molecular flexibility index (Phi) is 6.36. The summed E-state index contributed by atoms with van der Waals surface area (Å²) in [6.45, 7) is 5.32. The number of benzene rings is 1. The number of amides is 1. The summed E-state index contributed by atoms with van der Waals surface area (Å²) in [6, 6.07) is 7.99. The van der Waals surface area contributed by atoms with Crippen LogP contribution < -0.4 is 11.1 Å². The van der Waals surface area contributed by atoms with Crippen LogP contribution in [0.5, 0.6) is 0 Å². The summed E-state index contributed by atoms with van der Waals surface area (Å²) in [4.78, 5) is 13.8. The van der Waals surface area contributed by atoms with Gasteiger partial charge in [-0.2, -0.15) is 0 Å². The molecule has 1 aromatic rings. The van der Waals surface area contributed by atoms with Crippen LogP contribution in [0, 0.1) is 0 Å². The molecule has 0 aliphatic rings. The van der Waals surface area contributed by atoms with Gasteiger partial charge in [-0.05, 0) is 38.1 Å². The molecule has 0 spiro atoms. The van der Waals surface area contributed by atoms with E-state index in [-0.39, 0.29) is 11.9 Å². The third-order valence-electron chi connectivity index (χ3n) is 2.97. The first-order valence-corrected chi connectivity index (χ1v) is 6.83. The number of nitrogens with one attached hydrogen (secondary N) is 1. The smallest absolute Gasteiger partial charge is 0.234 e. The van der Waals surface area contributed by atoms with Crippen molar-refractivity contribution in [3.8, 4) is 0 Å². The molecular formula is C15H25N3O. The van der Waals surface area contributed by atoms with Crippen LogP contribution in [0.25, 0.3) is 0 Å². The predicted molar refractivity (Wildman–Crippen MR) is 79.7 cm³/mol. The molecule has 0 saturated carbocycles. The second-order valence-corrected chi connectivity index (χ2v) is 5.17. The van der Waals surface area contributed by atoms with E-state index in [1.54, 1.807) is 0 Å². The third-order valence-corrected chi connectivity index (χ3v) is 2.97. The van der Waals surface area contributed by atoms with Crippen molar-refractivity contribution in [2.45, 2.75) is 39.3 Å². The van der Waals surface area contributed by atoms with E-state index in [0.717, 1.165) is 30.6 Å². The molecule has 0 radical (unpaired) electrons. The molecule has 0 saturated heterocycles. The summed E-state index contributed by atoms with van der Waals surface area (Å²) in [7, 11) is 1.94. The zero-order valence-electron chi connectivity index (χ0n) is 12.1. The van der Waals surface area contributed by atoms with Crippen LogP contribution in [0.1, 0.15) is 32.3 Å². The van der Waals surface area contributed by atoms with Gasteiger partial charge < -0.3 is 11.1 Å². The summed E-state index contributed by atoms with van der Waals surface area (Å²) in [6.07, 6.45) is 2.11. The van der Waals surface area contributed by atoms with Crippen molar-refractivity contribution >= 4 is 11.6 Å². The fraction of sp³-hybridized carbons (Fsp3) is 0.533. The van der Waals surface area contributed by atoms with Crippen LogP contribution in [0.3, 0.4) is 0 Å². The van der Waals surface area contributed by atoms with Gasteiger partial charge in [0.2, 0.25) is 5.91 Å². The minimum atomic E-state index is 0.0823. The van der Waals surface area contributed by atoms with Crippen molar-refractivity contribution < 1.29 is 4.79 Å². The minimum absolute atomic E-state index is 0.0823. The Labute approximate surface area is 116 Å². The number of carbonyl (C=O) groups excluding carboxylic acids is 1. The van der Waals surface area contributed by atoms with E-state index >= 15 is 0 Å². The van der Waals surface area contributed by atoms with E-state index in [9.17, 15) is 4.79 Å². The van der Waals surface area contributed by atoms with E-state index in [0.29, 0.717) is 6.54 Å². The van der Waals surface area contributed by atoms with Gasteiger partial charge in [0.25, 0.3) is 0 Å². The Hall–Kier alpha value is -1.55. The molecule has 1 amide bonds. The first kappa shape index (κ1) is 15.5. The van der Waals surface area contributed by atoms with Gasteiger partial charge >= 0.3 is 0 Å². The van der Waals surface area contributed by atoms with Crippen LogP contribution >= 0.6 is 0 Å². The zero-order valence-corrected chi connectivity index (χ0v) is 12.1. The number of hydrogen-bond acceptors (Lipinski definition) is 3. The summed E-state index contributed by atoms with van der Waals surface area (Å²) in [5.74, 6) is 0.0823. The van der Waals surface area contributed by atoms with Crippen molar-refractivity contribution in [3.63, 3.8) is 0 Å². The highest BCUT2D eigenvalue weighted by Crippen LogP contribution is 2.07. The Morgan fingerprint density at radius 3 is 2.58 bits per heavy atom. The van der Waals surface area contributed by atoms with Gasteiger partial charge in [-0.25, -0.2) is 0 Å². The molecule has 106 valence electrons. The summed E-state index contributed by atoms with van der Waals surface area (Å²) < 4.78 is 0. The number of likely N-dealkylation sites (N-methyl/N-ethyl adjacent to an activating group) is 1. The van der Waals surface area contributed by atoms with E-state index < -0.39 is 0 Å². The van der Waals surface area contributed by atoms with Crippen LogP contribution in [0.15, 0.2) is 24.3 Å². The molecular weight excluding hydrogens is 238 g/mol. The third kappa shape index (κ3) is 6.25. The monoisotopic (exact) mass is 263 g/mol. The number of nitrogens with two attached hydrogens (primary N) is 1. The Bertz CT molecular complexity index is 389. The molecule has 4 nitrogen and oxygen atoms in total. The maximum atomic E-state index is 11.8.